The van der Waals surface area contributed by atoms with Crippen LogP contribution >= 0.6 is 11.3 Å². The Bertz CT molecular complexity index is 1310. The quantitative estimate of drug-likeness (QED) is 0.378. The van der Waals surface area contributed by atoms with E-state index in [1.807, 2.05) is 6.07 Å². The Morgan fingerprint density at radius 3 is 2.93 bits per heavy atom. The molecule has 4 heterocycles. The lowest BCUT2D eigenvalue weighted by molar-refractivity contribution is 0.102. The standard InChI is InChI=1S/C20H20N6O2S/c1-2-3-5-10-26-16(21)13(18(27)24-20-22-8-11-29-20)12-14-17(26)23-15-7-4-6-9-25(15)19(14)28/h4,6-9,11-12,21H,2-3,5,10H2,1H3,(H,22,24,27). The summed E-state index contributed by atoms with van der Waals surface area (Å²) in [5, 5.41) is 13.8. The molecule has 29 heavy (non-hydrogen) atoms. The molecule has 0 saturated carbocycles. The molecule has 2 N–H and O–H groups in total. The van der Waals surface area contributed by atoms with Crippen LogP contribution < -0.4 is 16.4 Å². The number of hydrogen-bond donors (Lipinski definition) is 2. The van der Waals surface area contributed by atoms with Crippen LogP contribution in [0.4, 0.5) is 5.13 Å². The van der Waals surface area contributed by atoms with Crippen LogP contribution in [0.15, 0.2) is 46.8 Å². The molecule has 0 unspecified atom stereocenters. The molecule has 0 spiro atoms. The van der Waals surface area contributed by atoms with Crippen molar-refractivity contribution in [2.45, 2.75) is 32.7 Å². The van der Waals surface area contributed by atoms with E-state index in [0.29, 0.717) is 28.4 Å². The SMILES string of the molecule is CCCCCn1c(=N)c(C(=O)Nc2nccs2)cc2c(=O)n3ccccc3nc21. The van der Waals surface area contributed by atoms with Gasteiger partial charge in [0.2, 0.25) is 0 Å². The smallest absolute Gasteiger partial charge is 0.267 e. The highest BCUT2D eigenvalue weighted by molar-refractivity contribution is 7.13. The Labute approximate surface area is 170 Å². The minimum absolute atomic E-state index is 0.0369. The first-order chi connectivity index (χ1) is 14.1. The first kappa shape index (κ1) is 19.0. The summed E-state index contributed by atoms with van der Waals surface area (Å²) in [7, 11) is 0. The van der Waals surface area contributed by atoms with Gasteiger partial charge >= 0.3 is 0 Å². The zero-order valence-corrected chi connectivity index (χ0v) is 16.7. The van der Waals surface area contributed by atoms with Gasteiger partial charge in [-0.05, 0) is 24.6 Å². The van der Waals surface area contributed by atoms with Crippen LogP contribution in [0.1, 0.15) is 36.5 Å². The third-order valence-corrected chi connectivity index (χ3v) is 5.39. The lowest BCUT2D eigenvalue weighted by Crippen LogP contribution is -2.32. The largest absolute Gasteiger partial charge is 0.310 e. The Morgan fingerprint density at radius 1 is 1.31 bits per heavy atom. The van der Waals surface area contributed by atoms with Gasteiger partial charge < -0.3 is 4.57 Å². The summed E-state index contributed by atoms with van der Waals surface area (Å²) in [5.74, 6) is -0.464. The number of fused-ring (bicyclic) bond motifs is 2. The molecular weight excluding hydrogens is 388 g/mol. The predicted octanol–water partition coefficient (Wildman–Crippen LogP) is 3.03. The average molecular weight is 408 g/mol. The van der Waals surface area contributed by atoms with Crippen molar-refractivity contribution >= 4 is 39.1 Å². The topological polar surface area (TPSA) is 105 Å². The Hall–Kier alpha value is -3.33. The number of hydrogen-bond acceptors (Lipinski definition) is 6. The fourth-order valence-electron chi connectivity index (χ4n) is 3.25. The van der Waals surface area contributed by atoms with Crippen LogP contribution in [-0.4, -0.2) is 24.8 Å². The lowest BCUT2D eigenvalue weighted by atomic mass is 10.2. The second-order valence-corrected chi connectivity index (χ2v) is 7.53. The molecule has 0 atom stereocenters. The van der Waals surface area contributed by atoms with Crippen molar-refractivity contribution in [1.29, 1.82) is 5.41 Å². The Kier molecular flexibility index (Phi) is 5.22. The van der Waals surface area contributed by atoms with Gasteiger partial charge in [-0.2, -0.15) is 0 Å². The number of aromatic nitrogens is 4. The zero-order chi connectivity index (χ0) is 20.4. The fraction of sp³-hybridized carbons (Fsp3) is 0.250. The molecule has 8 nitrogen and oxygen atoms in total. The molecular formula is C20H20N6O2S. The number of pyridine rings is 2. The van der Waals surface area contributed by atoms with E-state index < -0.39 is 5.91 Å². The minimum atomic E-state index is -0.464. The van der Waals surface area contributed by atoms with E-state index in [4.69, 9.17) is 5.41 Å². The van der Waals surface area contributed by atoms with Crippen LogP contribution in [0.25, 0.3) is 16.7 Å². The van der Waals surface area contributed by atoms with E-state index in [1.165, 1.54) is 21.8 Å². The fourth-order valence-corrected chi connectivity index (χ4v) is 3.77. The van der Waals surface area contributed by atoms with Gasteiger partial charge in [0.1, 0.15) is 16.8 Å². The molecule has 0 saturated heterocycles. The molecule has 1 amide bonds. The monoisotopic (exact) mass is 408 g/mol. The minimum Gasteiger partial charge on any atom is -0.310 e. The number of amides is 1. The molecule has 0 aromatic carbocycles. The average Bonchev–Trinajstić information content (AvgIpc) is 3.23. The van der Waals surface area contributed by atoms with E-state index in [-0.39, 0.29) is 16.6 Å². The first-order valence-electron chi connectivity index (χ1n) is 9.40. The molecule has 9 heteroatoms. The molecule has 4 aromatic rings. The second-order valence-electron chi connectivity index (χ2n) is 6.64. The maximum atomic E-state index is 13.1. The third kappa shape index (κ3) is 3.56. The maximum Gasteiger partial charge on any atom is 0.267 e. The molecule has 0 fully saturated rings. The van der Waals surface area contributed by atoms with Crippen molar-refractivity contribution in [1.82, 2.24) is 18.9 Å². The maximum absolute atomic E-state index is 13.1. The highest BCUT2D eigenvalue weighted by Gasteiger charge is 2.18. The number of unbranched alkanes of at least 4 members (excludes halogenated alkanes) is 2. The Balaban J connectivity index is 1.94. The number of nitrogens with zero attached hydrogens (tertiary/aromatic N) is 4. The van der Waals surface area contributed by atoms with Crippen molar-refractivity contribution in [3.8, 4) is 0 Å². The normalized spacial score (nSPS) is 11.2. The van der Waals surface area contributed by atoms with Gasteiger partial charge in [-0.3, -0.25) is 24.7 Å². The van der Waals surface area contributed by atoms with Crippen LogP contribution in [0.2, 0.25) is 0 Å². The molecule has 0 aliphatic rings. The molecule has 4 aromatic heterocycles. The number of carbonyl (C=O) groups is 1. The van der Waals surface area contributed by atoms with Crippen molar-refractivity contribution in [3.63, 3.8) is 0 Å². The number of anilines is 1. The van der Waals surface area contributed by atoms with Crippen LogP contribution in [-0.2, 0) is 6.54 Å². The number of rotatable bonds is 6. The first-order valence-corrected chi connectivity index (χ1v) is 10.3. The number of aryl methyl sites for hydroxylation is 1. The number of nitrogens with one attached hydrogen (secondary N) is 2. The van der Waals surface area contributed by atoms with Crippen molar-refractivity contribution in [2.24, 2.45) is 0 Å². The van der Waals surface area contributed by atoms with Crippen molar-refractivity contribution in [2.75, 3.05) is 5.32 Å². The van der Waals surface area contributed by atoms with Gasteiger partial charge in [-0.15, -0.1) is 11.3 Å². The van der Waals surface area contributed by atoms with Crippen LogP contribution in [0, 0.1) is 5.41 Å². The van der Waals surface area contributed by atoms with E-state index in [2.05, 4.69) is 22.2 Å². The number of thiazole rings is 1. The summed E-state index contributed by atoms with van der Waals surface area (Å²) in [4.78, 5) is 34.6. The molecule has 0 aliphatic heterocycles. The van der Waals surface area contributed by atoms with Crippen molar-refractivity contribution in [3.05, 3.63) is 63.4 Å². The van der Waals surface area contributed by atoms with Crippen LogP contribution in [0.3, 0.4) is 0 Å². The molecule has 4 rings (SSSR count). The van der Waals surface area contributed by atoms with Gasteiger partial charge in [0, 0.05) is 24.3 Å². The predicted molar refractivity (Wildman–Crippen MR) is 112 cm³/mol. The highest BCUT2D eigenvalue weighted by atomic mass is 32.1. The Morgan fingerprint density at radius 2 is 2.17 bits per heavy atom. The summed E-state index contributed by atoms with van der Waals surface area (Å²) < 4.78 is 3.11. The van der Waals surface area contributed by atoms with E-state index >= 15 is 0 Å². The molecule has 0 bridgehead atoms. The number of carbonyl (C=O) groups excluding carboxylic acids is 1. The molecule has 148 valence electrons. The molecule has 0 radical (unpaired) electrons. The highest BCUT2D eigenvalue weighted by Crippen LogP contribution is 2.14. The van der Waals surface area contributed by atoms with Gasteiger partial charge in [0.15, 0.2) is 5.13 Å². The van der Waals surface area contributed by atoms with Gasteiger partial charge in [0.25, 0.3) is 11.5 Å². The van der Waals surface area contributed by atoms with Crippen LogP contribution in [0.5, 0.6) is 0 Å². The summed E-state index contributed by atoms with van der Waals surface area (Å²) in [6.45, 7) is 2.61. The van der Waals surface area contributed by atoms with E-state index in [0.717, 1.165) is 19.3 Å². The summed E-state index contributed by atoms with van der Waals surface area (Å²) >= 11 is 1.29. The van der Waals surface area contributed by atoms with Gasteiger partial charge in [0.05, 0.1) is 10.9 Å². The van der Waals surface area contributed by atoms with E-state index in [1.54, 1.807) is 34.5 Å². The van der Waals surface area contributed by atoms with E-state index in [9.17, 15) is 9.59 Å². The summed E-state index contributed by atoms with van der Waals surface area (Å²) in [5.41, 5.74) is 0.827. The van der Waals surface area contributed by atoms with Gasteiger partial charge in [-0.25, -0.2) is 9.97 Å². The summed E-state index contributed by atoms with van der Waals surface area (Å²) in [6.07, 6.45) is 6.08. The molecule has 0 aliphatic carbocycles. The van der Waals surface area contributed by atoms with Crippen molar-refractivity contribution < 1.29 is 4.79 Å². The van der Waals surface area contributed by atoms with Gasteiger partial charge in [-0.1, -0.05) is 25.8 Å². The summed E-state index contributed by atoms with van der Waals surface area (Å²) in [6, 6.07) is 6.79. The third-order valence-electron chi connectivity index (χ3n) is 4.70. The second kappa shape index (κ2) is 7.96. The zero-order valence-electron chi connectivity index (χ0n) is 15.9. The lowest BCUT2D eigenvalue weighted by Gasteiger charge is -2.14.